The van der Waals surface area contributed by atoms with Crippen molar-refractivity contribution in [2.45, 2.75) is 50.2 Å². The van der Waals surface area contributed by atoms with Crippen LogP contribution in [0.5, 0.6) is 11.6 Å². The molecule has 3 heterocycles. The monoisotopic (exact) mass is 449 g/mol. The zero-order valence-electron chi connectivity index (χ0n) is 19.3. The van der Waals surface area contributed by atoms with E-state index in [0.717, 1.165) is 54.1 Å². The van der Waals surface area contributed by atoms with Crippen LogP contribution in [-0.4, -0.2) is 37.3 Å². The number of carbonyl (C=O) groups is 1. The van der Waals surface area contributed by atoms with Crippen LogP contribution in [0.25, 0.3) is 0 Å². The average Bonchev–Trinajstić information content (AvgIpc) is 3.38. The van der Waals surface area contributed by atoms with Gasteiger partial charge < -0.3 is 20.1 Å². The SMILES string of the molecule is COc1ccc2c(c1)[C@]1(C[C@H]1C1CCC3C(C1)NNC3Nc1ccc(C)nc1OC)C(=O)N2. The number of hydrogen-bond donors (Lipinski definition) is 4. The van der Waals surface area contributed by atoms with Crippen LogP contribution < -0.4 is 31.0 Å². The van der Waals surface area contributed by atoms with Gasteiger partial charge in [-0.2, -0.15) is 0 Å². The molecule has 4 unspecified atom stereocenters. The van der Waals surface area contributed by atoms with Gasteiger partial charge in [-0.3, -0.25) is 10.2 Å². The zero-order valence-corrected chi connectivity index (χ0v) is 19.3. The molecule has 2 aromatic rings. The molecule has 8 heteroatoms. The number of amides is 1. The Morgan fingerprint density at radius 3 is 2.82 bits per heavy atom. The average molecular weight is 450 g/mol. The van der Waals surface area contributed by atoms with Gasteiger partial charge in [-0.1, -0.05) is 0 Å². The lowest BCUT2D eigenvalue weighted by atomic mass is 9.74. The summed E-state index contributed by atoms with van der Waals surface area (Å²) >= 11 is 0. The number of benzene rings is 1. The van der Waals surface area contributed by atoms with Crippen molar-refractivity contribution in [1.29, 1.82) is 0 Å². The summed E-state index contributed by atoms with van der Waals surface area (Å²) in [6, 6.07) is 10.3. The zero-order chi connectivity index (χ0) is 22.7. The first kappa shape index (κ1) is 20.7. The molecule has 174 valence electrons. The number of nitrogens with one attached hydrogen (secondary N) is 4. The van der Waals surface area contributed by atoms with Gasteiger partial charge in [-0.15, -0.1) is 0 Å². The summed E-state index contributed by atoms with van der Waals surface area (Å²) in [5.41, 5.74) is 10.5. The number of aromatic nitrogens is 1. The lowest BCUT2D eigenvalue weighted by Gasteiger charge is -2.34. The molecule has 6 atom stereocenters. The van der Waals surface area contributed by atoms with Crippen molar-refractivity contribution in [3.05, 3.63) is 41.6 Å². The molecule has 0 radical (unpaired) electrons. The molecule has 1 amide bonds. The summed E-state index contributed by atoms with van der Waals surface area (Å²) in [4.78, 5) is 17.5. The van der Waals surface area contributed by atoms with E-state index in [0.29, 0.717) is 29.7 Å². The highest BCUT2D eigenvalue weighted by Crippen LogP contribution is 2.65. The number of carbonyl (C=O) groups excluding carboxylic acids is 1. The molecule has 4 aliphatic rings. The number of pyridine rings is 1. The predicted octanol–water partition coefficient (Wildman–Crippen LogP) is 2.95. The van der Waals surface area contributed by atoms with Crippen LogP contribution in [0.4, 0.5) is 11.4 Å². The summed E-state index contributed by atoms with van der Waals surface area (Å²) in [5.74, 6) is 2.98. The van der Waals surface area contributed by atoms with Gasteiger partial charge in [0.1, 0.15) is 5.75 Å². The maximum atomic E-state index is 13.0. The summed E-state index contributed by atoms with van der Waals surface area (Å²) in [6.45, 7) is 1.96. The standard InChI is InChI=1S/C25H31N5O3/c1-13-4-8-20(23(26-13)33-3)27-22-16-7-5-14(10-21(16)29-30-22)18-12-25(18)17-11-15(32-2)6-9-19(17)28-24(25)31/h4,6,8-9,11,14,16,18,21-22,27,29-30H,5,7,10,12H2,1-3H3,(H,28,31)/t14?,16?,18-,21?,22?,25-/m0/s1. The molecule has 1 spiro atoms. The smallest absolute Gasteiger partial charge is 0.237 e. The maximum absolute atomic E-state index is 13.0. The van der Waals surface area contributed by atoms with Crippen molar-refractivity contribution in [2.24, 2.45) is 17.8 Å². The van der Waals surface area contributed by atoms with Crippen LogP contribution >= 0.6 is 0 Å². The highest BCUT2D eigenvalue weighted by Gasteiger charge is 2.67. The quantitative estimate of drug-likeness (QED) is 0.557. The Bertz CT molecular complexity index is 1110. The van der Waals surface area contributed by atoms with E-state index < -0.39 is 0 Å². The lowest BCUT2D eigenvalue weighted by molar-refractivity contribution is -0.118. The Balaban J connectivity index is 1.15. The molecule has 0 bridgehead atoms. The number of aryl methyl sites for hydroxylation is 1. The van der Waals surface area contributed by atoms with E-state index in [1.165, 1.54) is 0 Å². The lowest BCUT2D eigenvalue weighted by Crippen LogP contribution is -2.39. The Morgan fingerprint density at radius 2 is 2.00 bits per heavy atom. The first-order valence-corrected chi connectivity index (χ1v) is 11.8. The molecular formula is C25H31N5O3. The van der Waals surface area contributed by atoms with Crippen molar-refractivity contribution in [1.82, 2.24) is 15.8 Å². The third kappa shape index (κ3) is 3.19. The van der Waals surface area contributed by atoms with Gasteiger partial charge in [-0.25, -0.2) is 10.4 Å². The third-order valence-corrected chi connectivity index (χ3v) is 8.25. The van der Waals surface area contributed by atoms with Crippen LogP contribution in [0.15, 0.2) is 30.3 Å². The van der Waals surface area contributed by atoms with E-state index in [9.17, 15) is 4.79 Å². The van der Waals surface area contributed by atoms with Gasteiger partial charge in [0.15, 0.2) is 0 Å². The fraction of sp³-hybridized carbons (Fsp3) is 0.520. The second kappa shape index (κ2) is 7.60. The van der Waals surface area contributed by atoms with Crippen molar-refractivity contribution >= 4 is 17.3 Å². The number of methoxy groups -OCH3 is 2. The predicted molar refractivity (Wildman–Crippen MR) is 125 cm³/mol. The fourth-order valence-corrected chi connectivity index (χ4v) is 6.48. The Labute approximate surface area is 193 Å². The normalized spacial score (nSPS) is 33.9. The topological polar surface area (TPSA) is 96.5 Å². The molecule has 8 nitrogen and oxygen atoms in total. The Kier molecular flexibility index (Phi) is 4.78. The molecule has 2 aliphatic heterocycles. The van der Waals surface area contributed by atoms with Gasteiger partial charge >= 0.3 is 0 Å². The van der Waals surface area contributed by atoms with Gasteiger partial charge in [-0.05, 0) is 80.3 Å². The second-order valence-corrected chi connectivity index (χ2v) is 9.91. The largest absolute Gasteiger partial charge is 0.497 e. The number of rotatable bonds is 5. The molecule has 1 saturated heterocycles. The number of hydrazine groups is 1. The minimum atomic E-state index is -0.369. The summed E-state index contributed by atoms with van der Waals surface area (Å²) in [5, 5.41) is 6.70. The van der Waals surface area contributed by atoms with Crippen molar-refractivity contribution < 1.29 is 14.3 Å². The van der Waals surface area contributed by atoms with Gasteiger partial charge in [0.2, 0.25) is 11.8 Å². The van der Waals surface area contributed by atoms with E-state index in [-0.39, 0.29) is 17.5 Å². The van der Waals surface area contributed by atoms with E-state index in [2.05, 4.69) is 32.5 Å². The first-order valence-electron chi connectivity index (χ1n) is 11.8. The molecule has 4 N–H and O–H groups in total. The molecule has 1 aromatic carbocycles. The van der Waals surface area contributed by atoms with Gasteiger partial charge in [0.25, 0.3) is 0 Å². The minimum Gasteiger partial charge on any atom is -0.497 e. The highest BCUT2D eigenvalue weighted by atomic mass is 16.5. The molecule has 33 heavy (non-hydrogen) atoms. The van der Waals surface area contributed by atoms with Crippen LogP contribution in [0, 0.1) is 24.7 Å². The van der Waals surface area contributed by atoms with Gasteiger partial charge in [0, 0.05) is 23.3 Å². The molecule has 1 aromatic heterocycles. The molecule has 2 aliphatic carbocycles. The summed E-state index contributed by atoms with van der Waals surface area (Å²) < 4.78 is 10.9. The van der Waals surface area contributed by atoms with E-state index >= 15 is 0 Å². The molecule has 3 fully saturated rings. The van der Waals surface area contributed by atoms with Crippen molar-refractivity contribution in [2.75, 3.05) is 24.9 Å². The highest BCUT2D eigenvalue weighted by molar-refractivity contribution is 6.09. The molecular weight excluding hydrogens is 418 g/mol. The summed E-state index contributed by atoms with van der Waals surface area (Å²) in [6.07, 6.45) is 4.35. The fourth-order valence-electron chi connectivity index (χ4n) is 6.48. The van der Waals surface area contributed by atoms with Crippen LogP contribution in [0.2, 0.25) is 0 Å². The van der Waals surface area contributed by atoms with Crippen LogP contribution in [0.3, 0.4) is 0 Å². The van der Waals surface area contributed by atoms with E-state index in [1.807, 2.05) is 31.2 Å². The third-order valence-electron chi connectivity index (χ3n) is 8.25. The number of fused-ring (bicyclic) bond motifs is 3. The van der Waals surface area contributed by atoms with Crippen molar-refractivity contribution in [3.63, 3.8) is 0 Å². The molecule has 6 rings (SSSR count). The molecule has 2 saturated carbocycles. The van der Waals surface area contributed by atoms with Gasteiger partial charge in [0.05, 0.1) is 31.5 Å². The Hall–Kier alpha value is -2.84. The summed E-state index contributed by atoms with van der Waals surface area (Å²) in [7, 11) is 3.33. The number of ether oxygens (including phenoxy) is 2. The minimum absolute atomic E-state index is 0.113. The number of hydrogen-bond acceptors (Lipinski definition) is 7. The Morgan fingerprint density at radius 1 is 1.12 bits per heavy atom. The number of nitrogens with zero attached hydrogens (tertiary/aromatic N) is 1. The van der Waals surface area contributed by atoms with Crippen LogP contribution in [-0.2, 0) is 10.2 Å². The van der Waals surface area contributed by atoms with E-state index in [4.69, 9.17) is 9.47 Å². The van der Waals surface area contributed by atoms with Crippen molar-refractivity contribution in [3.8, 4) is 11.6 Å². The van der Waals surface area contributed by atoms with Crippen LogP contribution in [0.1, 0.15) is 36.9 Å². The second-order valence-electron chi connectivity index (χ2n) is 9.91. The van der Waals surface area contributed by atoms with E-state index in [1.54, 1.807) is 14.2 Å². The first-order chi connectivity index (χ1) is 16.0. The number of anilines is 2. The maximum Gasteiger partial charge on any atom is 0.237 e.